The van der Waals surface area contributed by atoms with Crippen LogP contribution in [0, 0.1) is 19.8 Å². The Kier molecular flexibility index (Phi) is 6.40. The number of amides is 1. The number of nitrogens with zero attached hydrogens (tertiary/aromatic N) is 1. The predicted molar refractivity (Wildman–Crippen MR) is 125 cm³/mol. The first-order valence-electron chi connectivity index (χ1n) is 11.1. The Hall–Kier alpha value is -3.41. The highest BCUT2D eigenvalue weighted by atomic mass is 16.4. The van der Waals surface area contributed by atoms with E-state index in [1.54, 1.807) is 6.20 Å². The number of nitrogens with one attached hydrogen (secondary N) is 2. The number of hydrogen-bond acceptors (Lipinski definition) is 3. The molecule has 0 radical (unpaired) electrons. The number of carbonyl (C=O) groups is 2. The van der Waals surface area contributed by atoms with Gasteiger partial charge in [-0.2, -0.15) is 0 Å². The van der Waals surface area contributed by atoms with Gasteiger partial charge in [-0.15, -0.1) is 0 Å². The van der Waals surface area contributed by atoms with Crippen LogP contribution in [0.4, 0.5) is 5.69 Å². The molecule has 2 aromatic heterocycles. The molecule has 0 unspecified atom stereocenters. The van der Waals surface area contributed by atoms with Crippen LogP contribution in [-0.4, -0.2) is 27.0 Å². The molecule has 1 aliphatic carbocycles. The van der Waals surface area contributed by atoms with Crippen molar-refractivity contribution < 1.29 is 14.7 Å². The maximum Gasteiger partial charge on any atom is 0.303 e. The van der Waals surface area contributed by atoms with E-state index >= 15 is 0 Å². The van der Waals surface area contributed by atoms with E-state index in [-0.39, 0.29) is 12.3 Å². The molecule has 166 valence electrons. The second-order valence-corrected chi connectivity index (χ2v) is 8.81. The summed E-state index contributed by atoms with van der Waals surface area (Å²) in [6.45, 7) is 3.81. The lowest BCUT2D eigenvalue weighted by Gasteiger charge is -2.28. The molecule has 3 aromatic rings. The molecule has 3 N–H and O–H groups in total. The second kappa shape index (κ2) is 9.39. The van der Waals surface area contributed by atoms with Gasteiger partial charge in [0, 0.05) is 23.4 Å². The predicted octanol–water partition coefficient (Wildman–Crippen LogP) is 5.69. The highest BCUT2D eigenvalue weighted by Crippen LogP contribution is 2.37. The van der Waals surface area contributed by atoms with E-state index in [2.05, 4.69) is 39.6 Å². The molecule has 1 aromatic carbocycles. The lowest BCUT2D eigenvalue weighted by molar-refractivity contribution is -0.138. The molecule has 4 rings (SSSR count). The molecule has 0 bridgehead atoms. The minimum absolute atomic E-state index is 0.149. The van der Waals surface area contributed by atoms with Crippen molar-refractivity contribution in [3.63, 3.8) is 0 Å². The van der Waals surface area contributed by atoms with Gasteiger partial charge in [0.05, 0.1) is 23.1 Å². The number of carboxylic acid groups (broad SMARTS) is 1. The minimum atomic E-state index is -0.689. The van der Waals surface area contributed by atoms with Crippen molar-refractivity contribution in [3.05, 3.63) is 71.2 Å². The van der Waals surface area contributed by atoms with Crippen molar-refractivity contribution >= 4 is 17.6 Å². The summed E-state index contributed by atoms with van der Waals surface area (Å²) in [4.78, 5) is 31.1. The second-order valence-electron chi connectivity index (χ2n) is 8.81. The topological polar surface area (TPSA) is 95.1 Å². The van der Waals surface area contributed by atoms with E-state index in [9.17, 15) is 9.59 Å². The smallest absolute Gasteiger partial charge is 0.303 e. The fourth-order valence-electron chi connectivity index (χ4n) is 4.67. The summed E-state index contributed by atoms with van der Waals surface area (Å²) in [7, 11) is 0. The average molecular weight is 432 g/mol. The quantitative estimate of drug-likeness (QED) is 0.467. The van der Waals surface area contributed by atoms with Crippen molar-refractivity contribution in [2.75, 3.05) is 5.32 Å². The number of rotatable bonds is 6. The lowest BCUT2D eigenvalue weighted by atomic mass is 9.77. The summed E-state index contributed by atoms with van der Waals surface area (Å²) >= 11 is 0. The van der Waals surface area contributed by atoms with Gasteiger partial charge in [0.2, 0.25) is 0 Å². The van der Waals surface area contributed by atoms with Crippen molar-refractivity contribution in [3.8, 4) is 11.3 Å². The third-order valence-corrected chi connectivity index (χ3v) is 6.40. The number of aliphatic carboxylic acids is 1. The Morgan fingerprint density at radius 2 is 1.78 bits per heavy atom. The molecule has 32 heavy (non-hydrogen) atoms. The molecule has 1 fully saturated rings. The molecule has 0 aliphatic heterocycles. The molecule has 1 amide bonds. The minimum Gasteiger partial charge on any atom is -0.481 e. The van der Waals surface area contributed by atoms with Crippen molar-refractivity contribution in [2.45, 2.75) is 51.9 Å². The zero-order chi connectivity index (χ0) is 22.7. The van der Waals surface area contributed by atoms with E-state index in [0.717, 1.165) is 48.3 Å². The molecule has 6 nitrogen and oxygen atoms in total. The molecule has 1 saturated carbocycles. The van der Waals surface area contributed by atoms with E-state index < -0.39 is 5.97 Å². The van der Waals surface area contributed by atoms with Gasteiger partial charge < -0.3 is 15.4 Å². The third-order valence-electron chi connectivity index (χ3n) is 6.40. The number of anilines is 1. The van der Waals surface area contributed by atoms with Gasteiger partial charge in [-0.25, -0.2) is 0 Å². The Morgan fingerprint density at radius 1 is 1.06 bits per heavy atom. The highest BCUT2D eigenvalue weighted by molar-refractivity contribution is 6.05. The Balaban J connectivity index is 1.37. The van der Waals surface area contributed by atoms with Crippen LogP contribution < -0.4 is 5.32 Å². The number of benzene rings is 1. The number of pyridine rings is 1. The number of aromatic amines is 1. The maximum absolute atomic E-state index is 12.5. The Bertz CT molecular complexity index is 1090. The highest BCUT2D eigenvalue weighted by Gasteiger charge is 2.24. The fraction of sp³-hybridized carbons (Fsp3) is 0.346. The first-order valence-corrected chi connectivity index (χ1v) is 11.1. The van der Waals surface area contributed by atoms with Gasteiger partial charge in [-0.1, -0.05) is 24.3 Å². The average Bonchev–Trinajstić information content (AvgIpc) is 3.13. The Morgan fingerprint density at radius 3 is 2.34 bits per heavy atom. The van der Waals surface area contributed by atoms with Crippen LogP contribution in [-0.2, 0) is 4.79 Å². The summed E-state index contributed by atoms with van der Waals surface area (Å²) in [6.07, 6.45) is 6.02. The van der Waals surface area contributed by atoms with Crippen LogP contribution in [0.5, 0.6) is 0 Å². The summed E-state index contributed by atoms with van der Waals surface area (Å²) in [5.74, 6) is -0.0222. The number of aryl methyl sites for hydroxylation is 2. The summed E-state index contributed by atoms with van der Waals surface area (Å²) in [6, 6.07) is 14.1. The van der Waals surface area contributed by atoms with Gasteiger partial charge in [-0.3, -0.25) is 14.6 Å². The lowest BCUT2D eigenvalue weighted by Crippen LogP contribution is -2.16. The standard InChI is InChI=1S/C26H29N3O3/c1-16-13-23(17(2)28-16)26(32)29-22-11-12-24(27-15-22)21-9-7-20(8-10-21)19-5-3-18(4-6-19)14-25(30)31/h7-13,15,18-19,28H,3-6,14H2,1-2H3,(H,29,32)(H,30,31). The van der Waals surface area contributed by atoms with E-state index in [0.29, 0.717) is 23.1 Å². The fourth-order valence-corrected chi connectivity index (χ4v) is 4.67. The first-order chi connectivity index (χ1) is 15.4. The molecule has 0 spiro atoms. The van der Waals surface area contributed by atoms with Gasteiger partial charge in [0.25, 0.3) is 5.91 Å². The molecule has 0 atom stereocenters. The SMILES string of the molecule is Cc1cc(C(=O)Nc2ccc(-c3ccc(C4CCC(CC(=O)O)CC4)cc3)nc2)c(C)[nH]1. The van der Waals surface area contributed by atoms with Gasteiger partial charge in [-0.05, 0) is 75.1 Å². The van der Waals surface area contributed by atoms with Crippen molar-refractivity contribution in [1.29, 1.82) is 0 Å². The number of carbonyl (C=O) groups excluding carboxylic acids is 1. The van der Waals surface area contributed by atoms with Crippen LogP contribution >= 0.6 is 0 Å². The number of H-pyrrole nitrogens is 1. The summed E-state index contributed by atoms with van der Waals surface area (Å²) < 4.78 is 0. The van der Waals surface area contributed by atoms with Gasteiger partial charge >= 0.3 is 5.97 Å². The molecule has 6 heteroatoms. The van der Waals surface area contributed by atoms with Crippen LogP contribution in [0.2, 0.25) is 0 Å². The molecule has 0 saturated heterocycles. The molecule has 2 heterocycles. The molecular formula is C26H29N3O3. The number of hydrogen-bond donors (Lipinski definition) is 3. The molecule has 1 aliphatic rings. The number of carboxylic acids is 1. The van der Waals surface area contributed by atoms with Crippen LogP contribution in [0.15, 0.2) is 48.7 Å². The van der Waals surface area contributed by atoms with E-state index in [4.69, 9.17) is 5.11 Å². The van der Waals surface area contributed by atoms with Gasteiger partial charge in [0.1, 0.15) is 0 Å². The summed E-state index contributed by atoms with van der Waals surface area (Å²) in [5.41, 5.74) is 6.30. The molecular weight excluding hydrogens is 402 g/mol. The normalized spacial score (nSPS) is 18.3. The van der Waals surface area contributed by atoms with E-state index in [1.807, 2.05) is 32.0 Å². The van der Waals surface area contributed by atoms with Crippen LogP contribution in [0.25, 0.3) is 11.3 Å². The number of aromatic nitrogens is 2. The van der Waals surface area contributed by atoms with Crippen LogP contribution in [0.1, 0.15) is 65.3 Å². The monoisotopic (exact) mass is 431 g/mol. The van der Waals surface area contributed by atoms with Crippen molar-refractivity contribution in [1.82, 2.24) is 9.97 Å². The summed E-state index contributed by atoms with van der Waals surface area (Å²) in [5, 5.41) is 11.9. The first kappa shape index (κ1) is 21.8. The zero-order valence-corrected chi connectivity index (χ0v) is 18.5. The van der Waals surface area contributed by atoms with Crippen LogP contribution in [0.3, 0.4) is 0 Å². The van der Waals surface area contributed by atoms with Crippen molar-refractivity contribution in [2.24, 2.45) is 5.92 Å². The Labute approximate surface area is 188 Å². The zero-order valence-electron chi connectivity index (χ0n) is 18.5. The van der Waals surface area contributed by atoms with Gasteiger partial charge in [0.15, 0.2) is 0 Å². The largest absolute Gasteiger partial charge is 0.481 e. The maximum atomic E-state index is 12.5. The third kappa shape index (κ3) is 5.07. The van der Waals surface area contributed by atoms with E-state index in [1.165, 1.54) is 5.56 Å².